The van der Waals surface area contributed by atoms with Gasteiger partial charge in [-0.25, -0.2) is 18.6 Å². The van der Waals surface area contributed by atoms with E-state index in [1.54, 1.807) is 0 Å². The highest BCUT2D eigenvalue weighted by atomic mass is 19.4. The number of amides is 1. The van der Waals surface area contributed by atoms with Crippen LogP contribution in [-0.2, 0) is 30.9 Å². The van der Waals surface area contributed by atoms with Gasteiger partial charge >= 0.3 is 18.3 Å². The van der Waals surface area contributed by atoms with Crippen molar-refractivity contribution in [2.24, 2.45) is 7.05 Å². The summed E-state index contributed by atoms with van der Waals surface area (Å²) >= 11 is 0. The molecule has 50 heavy (non-hydrogen) atoms. The van der Waals surface area contributed by atoms with E-state index in [0.29, 0.717) is 6.07 Å². The van der Waals surface area contributed by atoms with Crippen molar-refractivity contribution in [2.45, 2.75) is 31.2 Å². The molecule has 1 amide bonds. The summed E-state index contributed by atoms with van der Waals surface area (Å²) in [6.45, 7) is 0. The molecule has 0 radical (unpaired) electrons. The zero-order chi connectivity index (χ0) is 36.3. The minimum atomic E-state index is -4.95. The van der Waals surface area contributed by atoms with Crippen LogP contribution in [0.4, 0.5) is 35.1 Å². The number of carbonyl (C=O) groups is 2. The standard InChI is InChI=1S/C34H22F8N4O4/c1-46-23-11-3-2-7-19(23)27(34(40,41)42)25(31(46)48)18-10-5-8-16-15(6-4-9-17(16)18)12-22(32(49)50)44-30(47)26-20(35)13-21-29(28(26)36)45-24(43-21)14-33(37,38)39/h2-11,13,22H,12,14H2,1H3,(H,43,45)(H,44,47)(H,49,50)/t22-/m0/s1. The van der Waals surface area contributed by atoms with Gasteiger partial charge in [-0.3, -0.25) is 9.59 Å². The molecule has 8 nitrogen and oxygen atoms in total. The number of aryl methyl sites for hydroxylation is 1. The Morgan fingerprint density at radius 2 is 1.60 bits per heavy atom. The maximum absolute atomic E-state index is 15.3. The molecule has 0 spiro atoms. The molecule has 6 aromatic rings. The van der Waals surface area contributed by atoms with Gasteiger partial charge in [0.2, 0.25) is 0 Å². The molecule has 0 aliphatic heterocycles. The molecule has 1 atom stereocenters. The van der Waals surface area contributed by atoms with Crippen molar-refractivity contribution in [1.29, 1.82) is 0 Å². The van der Waals surface area contributed by atoms with Crippen molar-refractivity contribution in [3.63, 3.8) is 0 Å². The van der Waals surface area contributed by atoms with Crippen molar-refractivity contribution in [1.82, 2.24) is 19.9 Å². The topological polar surface area (TPSA) is 117 Å². The number of carboxylic acids is 1. The normalized spacial score (nSPS) is 12.9. The maximum atomic E-state index is 15.3. The third-order valence-electron chi connectivity index (χ3n) is 8.21. The van der Waals surface area contributed by atoms with Crippen LogP contribution in [0.1, 0.15) is 27.3 Å². The van der Waals surface area contributed by atoms with E-state index in [1.807, 2.05) is 5.32 Å². The van der Waals surface area contributed by atoms with Gasteiger partial charge in [0, 0.05) is 24.9 Å². The molecular weight excluding hydrogens is 680 g/mol. The van der Waals surface area contributed by atoms with Crippen molar-refractivity contribution in [2.75, 3.05) is 0 Å². The number of carboxylic acid groups (broad SMARTS) is 1. The number of rotatable bonds is 7. The number of imidazole rings is 1. The number of nitrogens with one attached hydrogen (secondary N) is 2. The molecule has 3 N–H and O–H groups in total. The van der Waals surface area contributed by atoms with Crippen LogP contribution in [0.15, 0.2) is 71.5 Å². The Kier molecular flexibility index (Phi) is 8.36. The van der Waals surface area contributed by atoms with Gasteiger partial charge in [0.25, 0.3) is 11.5 Å². The molecule has 0 unspecified atom stereocenters. The molecule has 0 saturated carbocycles. The number of para-hydroxylation sites is 1. The lowest BCUT2D eigenvalue weighted by Crippen LogP contribution is -2.43. The average molecular weight is 703 g/mol. The molecule has 0 aliphatic rings. The summed E-state index contributed by atoms with van der Waals surface area (Å²) < 4.78 is 114. The Hall–Kier alpha value is -5.80. The van der Waals surface area contributed by atoms with Crippen molar-refractivity contribution in [3.05, 3.63) is 111 Å². The second-order valence-corrected chi connectivity index (χ2v) is 11.4. The van der Waals surface area contributed by atoms with Crippen molar-refractivity contribution >= 4 is 44.6 Å². The summed E-state index contributed by atoms with van der Waals surface area (Å²) in [7, 11) is 1.34. The first kappa shape index (κ1) is 34.1. The maximum Gasteiger partial charge on any atom is 0.417 e. The second-order valence-electron chi connectivity index (χ2n) is 11.4. The smallest absolute Gasteiger partial charge is 0.417 e. The lowest BCUT2D eigenvalue weighted by atomic mass is 9.90. The third-order valence-corrected chi connectivity index (χ3v) is 8.21. The summed E-state index contributed by atoms with van der Waals surface area (Å²) in [5, 5.41) is 12.1. The van der Waals surface area contributed by atoms with Gasteiger partial charge in [0.1, 0.15) is 35.2 Å². The van der Waals surface area contributed by atoms with E-state index in [0.717, 1.165) is 4.57 Å². The average Bonchev–Trinajstić information content (AvgIpc) is 3.42. The summed E-state index contributed by atoms with van der Waals surface area (Å²) in [6.07, 6.45) is -11.8. The minimum Gasteiger partial charge on any atom is -0.480 e. The molecule has 4 aromatic carbocycles. The Morgan fingerprint density at radius 3 is 2.28 bits per heavy atom. The molecule has 0 aliphatic carbocycles. The molecule has 6 rings (SSSR count). The van der Waals surface area contributed by atoms with Crippen LogP contribution in [0.3, 0.4) is 0 Å². The SMILES string of the molecule is Cn1c(=O)c(-c2cccc3c(C[C@H](NC(=O)c4c(F)cc5[nH]c(CC(F)(F)F)nc5c4F)C(=O)O)cccc23)c(C(F)(F)F)c2ccccc21. The van der Waals surface area contributed by atoms with E-state index in [-0.39, 0.29) is 32.8 Å². The summed E-state index contributed by atoms with van der Waals surface area (Å²) in [4.78, 5) is 44.5. The number of aromatic amines is 1. The zero-order valence-electron chi connectivity index (χ0n) is 25.4. The van der Waals surface area contributed by atoms with E-state index >= 15 is 4.39 Å². The van der Waals surface area contributed by atoms with Crippen LogP contribution in [0.5, 0.6) is 0 Å². The molecule has 2 aromatic heterocycles. The molecule has 0 fully saturated rings. The molecule has 2 heterocycles. The highest BCUT2D eigenvalue weighted by Crippen LogP contribution is 2.42. The van der Waals surface area contributed by atoms with Crippen LogP contribution < -0.4 is 10.9 Å². The fourth-order valence-corrected chi connectivity index (χ4v) is 6.08. The first-order chi connectivity index (χ1) is 23.5. The number of alkyl halides is 6. The second kappa shape index (κ2) is 12.3. The van der Waals surface area contributed by atoms with Gasteiger partial charge in [-0.05, 0) is 28.0 Å². The number of nitrogens with zero attached hydrogens (tertiary/aromatic N) is 2. The summed E-state index contributed by atoms with van der Waals surface area (Å²) in [5.74, 6) is -7.08. The van der Waals surface area contributed by atoms with Gasteiger partial charge in [-0.15, -0.1) is 0 Å². The Morgan fingerprint density at radius 1 is 0.940 bits per heavy atom. The fourth-order valence-electron chi connectivity index (χ4n) is 6.08. The van der Waals surface area contributed by atoms with Crippen LogP contribution >= 0.6 is 0 Å². The van der Waals surface area contributed by atoms with Crippen LogP contribution in [0, 0.1) is 11.6 Å². The van der Waals surface area contributed by atoms with Crippen molar-refractivity contribution < 1.29 is 49.8 Å². The molecule has 16 heteroatoms. The lowest BCUT2D eigenvalue weighted by Gasteiger charge is -2.20. The number of benzene rings is 4. The first-order valence-corrected chi connectivity index (χ1v) is 14.6. The van der Waals surface area contributed by atoms with Gasteiger partial charge < -0.3 is 20.0 Å². The molecule has 0 saturated heterocycles. The molecular formula is C34H22F8N4O4. The monoisotopic (exact) mass is 702 g/mol. The lowest BCUT2D eigenvalue weighted by molar-refractivity contribution is -0.139. The number of pyridine rings is 1. The highest BCUT2D eigenvalue weighted by molar-refractivity contribution is 6.03. The number of hydrogen-bond acceptors (Lipinski definition) is 4. The summed E-state index contributed by atoms with van der Waals surface area (Å²) in [6, 6.07) is 12.7. The van der Waals surface area contributed by atoms with Gasteiger partial charge in [0.15, 0.2) is 5.82 Å². The first-order valence-electron chi connectivity index (χ1n) is 14.6. The van der Waals surface area contributed by atoms with E-state index in [2.05, 4.69) is 9.97 Å². The van der Waals surface area contributed by atoms with Crippen LogP contribution in [0.2, 0.25) is 0 Å². The van der Waals surface area contributed by atoms with E-state index < -0.39 is 93.9 Å². The molecule has 258 valence electrons. The van der Waals surface area contributed by atoms with Crippen LogP contribution in [-0.4, -0.2) is 43.7 Å². The Bertz CT molecular complexity index is 2410. The highest BCUT2D eigenvalue weighted by Gasteiger charge is 2.38. The quantitative estimate of drug-likeness (QED) is 0.154. The number of fused-ring (bicyclic) bond motifs is 3. The van der Waals surface area contributed by atoms with Crippen molar-refractivity contribution in [3.8, 4) is 11.1 Å². The van der Waals surface area contributed by atoms with E-state index in [4.69, 9.17) is 0 Å². The Labute approximate surface area is 275 Å². The van der Waals surface area contributed by atoms with Gasteiger partial charge in [-0.1, -0.05) is 54.6 Å². The number of halogens is 8. The van der Waals surface area contributed by atoms with E-state index in [9.17, 15) is 50.2 Å². The Balaban J connectivity index is 1.40. The zero-order valence-corrected chi connectivity index (χ0v) is 25.4. The van der Waals surface area contributed by atoms with Gasteiger partial charge in [0.05, 0.1) is 22.2 Å². The third kappa shape index (κ3) is 6.12. The minimum absolute atomic E-state index is 0.0515. The number of carbonyl (C=O) groups excluding carboxylic acids is 1. The number of H-pyrrole nitrogens is 1. The summed E-state index contributed by atoms with van der Waals surface area (Å²) in [5.41, 5.74) is -5.13. The van der Waals surface area contributed by atoms with E-state index in [1.165, 1.54) is 67.7 Å². The fraction of sp³-hybridized carbons (Fsp3) is 0.176. The molecule has 0 bridgehead atoms. The number of aliphatic carboxylic acids is 1. The van der Waals surface area contributed by atoms with Gasteiger partial charge in [-0.2, -0.15) is 26.3 Å². The van der Waals surface area contributed by atoms with Crippen LogP contribution in [0.25, 0.3) is 43.8 Å². The predicted molar refractivity (Wildman–Crippen MR) is 165 cm³/mol. The predicted octanol–water partition coefficient (Wildman–Crippen LogP) is 7.06. The number of aromatic nitrogens is 3. The largest absolute Gasteiger partial charge is 0.480 e. The number of hydrogen-bond donors (Lipinski definition) is 3.